The van der Waals surface area contributed by atoms with E-state index in [9.17, 15) is 4.79 Å². The Bertz CT molecular complexity index is 979. The Labute approximate surface area is 145 Å². The van der Waals surface area contributed by atoms with Crippen LogP contribution < -0.4 is 5.73 Å². The minimum atomic E-state index is -0.204. The molecule has 2 heterocycles. The Morgan fingerprint density at radius 3 is 2.65 bits per heavy atom. The van der Waals surface area contributed by atoms with Gasteiger partial charge >= 0.3 is 0 Å². The van der Waals surface area contributed by atoms with E-state index in [4.69, 9.17) is 5.73 Å². The zero-order valence-electron chi connectivity index (χ0n) is 12.4. The SMILES string of the molecule is CN1C(=O)CC(c2ccc3sc4ccc(Br)cc4c3c2)N=C1N. The van der Waals surface area contributed by atoms with Gasteiger partial charge in [0.1, 0.15) is 0 Å². The van der Waals surface area contributed by atoms with Crippen molar-refractivity contribution in [1.29, 1.82) is 0 Å². The van der Waals surface area contributed by atoms with Gasteiger partial charge in [-0.3, -0.25) is 9.69 Å². The monoisotopic (exact) mass is 387 g/mol. The van der Waals surface area contributed by atoms with Crippen molar-refractivity contribution < 1.29 is 4.79 Å². The molecule has 0 saturated carbocycles. The summed E-state index contributed by atoms with van der Waals surface area (Å²) in [5.41, 5.74) is 6.88. The molecule has 1 atom stereocenters. The highest BCUT2D eigenvalue weighted by molar-refractivity contribution is 9.10. The lowest BCUT2D eigenvalue weighted by atomic mass is 10.00. The molecule has 0 radical (unpaired) electrons. The molecular formula is C17H14BrN3OS. The van der Waals surface area contributed by atoms with E-state index >= 15 is 0 Å². The number of fused-ring (bicyclic) bond motifs is 3. The van der Waals surface area contributed by atoms with Crippen LogP contribution in [0.25, 0.3) is 20.2 Å². The number of hydrogen-bond acceptors (Lipinski definition) is 4. The van der Waals surface area contributed by atoms with Crippen molar-refractivity contribution in [2.24, 2.45) is 10.7 Å². The van der Waals surface area contributed by atoms with Crippen LogP contribution in [0, 0.1) is 0 Å². The van der Waals surface area contributed by atoms with Crippen molar-refractivity contribution in [3.63, 3.8) is 0 Å². The Hall–Kier alpha value is -1.92. The highest BCUT2D eigenvalue weighted by atomic mass is 79.9. The van der Waals surface area contributed by atoms with Crippen LogP contribution in [-0.4, -0.2) is 23.8 Å². The second kappa shape index (κ2) is 5.32. The molecule has 1 aliphatic rings. The number of nitrogens with zero attached hydrogens (tertiary/aromatic N) is 2. The highest BCUT2D eigenvalue weighted by Gasteiger charge is 2.26. The van der Waals surface area contributed by atoms with Gasteiger partial charge in [0.05, 0.1) is 12.5 Å². The first-order valence-corrected chi connectivity index (χ1v) is 8.85. The first kappa shape index (κ1) is 14.7. The summed E-state index contributed by atoms with van der Waals surface area (Å²) in [6, 6.07) is 12.4. The summed E-state index contributed by atoms with van der Waals surface area (Å²) in [6.07, 6.45) is 0.356. The van der Waals surface area contributed by atoms with Crippen molar-refractivity contribution in [2.45, 2.75) is 12.5 Å². The number of aliphatic imine (C=N–C) groups is 1. The van der Waals surface area contributed by atoms with Crippen LogP contribution in [0.1, 0.15) is 18.0 Å². The summed E-state index contributed by atoms with van der Waals surface area (Å²) in [4.78, 5) is 17.9. The number of thiophene rings is 1. The maximum absolute atomic E-state index is 12.0. The number of rotatable bonds is 1. The van der Waals surface area contributed by atoms with E-state index in [-0.39, 0.29) is 17.9 Å². The molecule has 0 fully saturated rings. The Kier molecular flexibility index (Phi) is 3.39. The van der Waals surface area contributed by atoms with E-state index in [2.05, 4.69) is 51.3 Å². The molecular weight excluding hydrogens is 374 g/mol. The summed E-state index contributed by atoms with van der Waals surface area (Å²) in [6.45, 7) is 0. The summed E-state index contributed by atoms with van der Waals surface area (Å²) in [5, 5.41) is 2.42. The summed E-state index contributed by atoms with van der Waals surface area (Å²) >= 11 is 5.31. The summed E-state index contributed by atoms with van der Waals surface area (Å²) in [5.74, 6) is 0.282. The maximum Gasteiger partial charge on any atom is 0.231 e. The van der Waals surface area contributed by atoms with Crippen LogP contribution >= 0.6 is 27.3 Å². The van der Waals surface area contributed by atoms with E-state index < -0.39 is 0 Å². The van der Waals surface area contributed by atoms with Crippen molar-refractivity contribution in [2.75, 3.05) is 7.05 Å². The lowest BCUT2D eigenvalue weighted by molar-refractivity contribution is -0.127. The second-order valence-corrected chi connectivity index (χ2v) is 7.66. The third kappa shape index (κ3) is 2.42. The van der Waals surface area contributed by atoms with Crippen LogP contribution in [-0.2, 0) is 4.79 Å². The molecule has 4 rings (SSSR count). The molecule has 0 saturated heterocycles. The van der Waals surface area contributed by atoms with E-state index in [1.807, 2.05) is 6.07 Å². The number of halogens is 1. The predicted molar refractivity (Wildman–Crippen MR) is 98.8 cm³/mol. The summed E-state index contributed by atoms with van der Waals surface area (Å²) in [7, 11) is 1.66. The number of amides is 1. The number of carbonyl (C=O) groups is 1. The fourth-order valence-electron chi connectivity index (χ4n) is 2.89. The number of carbonyl (C=O) groups excluding carboxylic acids is 1. The molecule has 3 aromatic rings. The Morgan fingerprint density at radius 1 is 1.22 bits per heavy atom. The van der Waals surface area contributed by atoms with E-state index in [0.717, 1.165) is 10.0 Å². The van der Waals surface area contributed by atoms with Gasteiger partial charge in [0.15, 0.2) is 5.96 Å². The van der Waals surface area contributed by atoms with Crippen LogP contribution in [0.5, 0.6) is 0 Å². The molecule has 116 valence electrons. The zero-order valence-corrected chi connectivity index (χ0v) is 14.8. The van der Waals surface area contributed by atoms with Crippen LogP contribution in [0.2, 0.25) is 0 Å². The normalized spacial score (nSPS) is 18.7. The van der Waals surface area contributed by atoms with Gasteiger partial charge in [-0.1, -0.05) is 22.0 Å². The van der Waals surface area contributed by atoms with Gasteiger partial charge in [0.25, 0.3) is 0 Å². The van der Waals surface area contributed by atoms with Gasteiger partial charge in [-0.2, -0.15) is 0 Å². The molecule has 23 heavy (non-hydrogen) atoms. The maximum atomic E-state index is 12.0. The molecule has 1 amide bonds. The number of guanidine groups is 1. The van der Waals surface area contributed by atoms with Gasteiger partial charge < -0.3 is 5.73 Å². The van der Waals surface area contributed by atoms with Gasteiger partial charge in [0, 0.05) is 31.7 Å². The van der Waals surface area contributed by atoms with Crippen molar-refractivity contribution in [3.05, 3.63) is 46.4 Å². The predicted octanol–water partition coefficient (Wildman–Crippen LogP) is 4.03. The fraction of sp³-hybridized carbons (Fsp3) is 0.176. The molecule has 4 nitrogen and oxygen atoms in total. The molecule has 1 aromatic heterocycles. The molecule has 1 unspecified atom stereocenters. The fourth-order valence-corrected chi connectivity index (χ4v) is 4.32. The molecule has 0 bridgehead atoms. The minimum Gasteiger partial charge on any atom is -0.369 e. The Balaban J connectivity index is 1.87. The zero-order chi connectivity index (χ0) is 16.1. The third-order valence-electron chi connectivity index (χ3n) is 4.21. The van der Waals surface area contributed by atoms with Gasteiger partial charge in [-0.15, -0.1) is 11.3 Å². The van der Waals surface area contributed by atoms with Crippen molar-refractivity contribution in [3.8, 4) is 0 Å². The number of benzene rings is 2. The molecule has 2 N–H and O–H groups in total. The van der Waals surface area contributed by atoms with Gasteiger partial charge in [0.2, 0.25) is 5.91 Å². The first-order valence-electron chi connectivity index (χ1n) is 7.24. The van der Waals surface area contributed by atoms with E-state index in [1.165, 1.54) is 25.1 Å². The second-order valence-electron chi connectivity index (χ2n) is 5.66. The lowest BCUT2D eigenvalue weighted by Gasteiger charge is -2.25. The third-order valence-corrected chi connectivity index (χ3v) is 5.86. The largest absolute Gasteiger partial charge is 0.369 e. The van der Waals surface area contributed by atoms with Gasteiger partial charge in [-0.25, -0.2) is 4.99 Å². The quantitative estimate of drug-likeness (QED) is 0.684. The van der Waals surface area contributed by atoms with E-state index in [1.54, 1.807) is 18.4 Å². The van der Waals surface area contributed by atoms with E-state index in [0.29, 0.717) is 6.42 Å². The van der Waals surface area contributed by atoms with Crippen LogP contribution in [0.15, 0.2) is 45.9 Å². The lowest BCUT2D eigenvalue weighted by Crippen LogP contribution is -2.42. The minimum absolute atomic E-state index is 0.000480. The van der Waals surface area contributed by atoms with Crippen LogP contribution in [0.3, 0.4) is 0 Å². The smallest absolute Gasteiger partial charge is 0.231 e. The van der Waals surface area contributed by atoms with Gasteiger partial charge in [-0.05, 0) is 35.9 Å². The number of nitrogens with two attached hydrogens (primary N) is 1. The molecule has 2 aromatic carbocycles. The average molecular weight is 388 g/mol. The topological polar surface area (TPSA) is 58.7 Å². The molecule has 6 heteroatoms. The average Bonchev–Trinajstić information content (AvgIpc) is 2.89. The first-order chi connectivity index (χ1) is 11.0. The van der Waals surface area contributed by atoms with Crippen molar-refractivity contribution >= 4 is 59.3 Å². The Morgan fingerprint density at radius 2 is 1.91 bits per heavy atom. The standard InChI is InChI=1S/C17H14BrN3OS/c1-21-16(22)8-13(20-17(21)19)9-2-4-14-11(6-9)12-7-10(18)3-5-15(12)23-14/h2-7,13H,8H2,1H3,(H2,19,20). The van der Waals surface area contributed by atoms with Crippen LogP contribution in [0.4, 0.5) is 0 Å². The molecule has 1 aliphatic heterocycles. The number of hydrogen-bond donors (Lipinski definition) is 1. The summed E-state index contributed by atoms with van der Waals surface area (Å²) < 4.78 is 3.55. The van der Waals surface area contributed by atoms with Crippen molar-refractivity contribution in [1.82, 2.24) is 4.90 Å². The molecule has 0 aliphatic carbocycles. The highest BCUT2D eigenvalue weighted by Crippen LogP contribution is 2.37. The molecule has 0 spiro atoms.